The molecule has 0 amide bonds. The Morgan fingerprint density at radius 3 is 2.46 bits per heavy atom. The van der Waals surface area contributed by atoms with Crippen molar-refractivity contribution in [2.45, 2.75) is 13.0 Å². The highest BCUT2D eigenvalue weighted by Gasteiger charge is 2.12. The minimum absolute atomic E-state index is 0.372. The zero-order chi connectivity index (χ0) is 16.8. The van der Waals surface area contributed by atoms with Crippen molar-refractivity contribution >= 4 is 5.84 Å². The monoisotopic (exact) mass is 326 g/mol. The molecule has 3 rings (SSSR count). The van der Waals surface area contributed by atoms with E-state index in [9.17, 15) is 0 Å². The maximum Gasteiger partial charge on any atom is 0.129 e. The van der Waals surface area contributed by atoms with E-state index in [1.54, 1.807) is 14.2 Å². The lowest BCUT2D eigenvalue weighted by Crippen LogP contribution is -2.30. The quantitative estimate of drug-likeness (QED) is 0.886. The van der Waals surface area contributed by atoms with E-state index in [1.165, 1.54) is 0 Å². The average molecular weight is 326 g/mol. The lowest BCUT2D eigenvalue weighted by molar-refractivity contribution is 0.286. The van der Waals surface area contributed by atoms with E-state index in [1.807, 2.05) is 42.5 Å². The van der Waals surface area contributed by atoms with Crippen LogP contribution in [0.4, 0.5) is 0 Å². The molecule has 5 heteroatoms. The molecule has 1 heterocycles. The van der Waals surface area contributed by atoms with Crippen LogP contribution >= 0.6 is 0 Å². The van der Waals surface area contributed by atoms with Crippen molar-refractivity contribution in [3.05, 3.63) is 53.6 Å². The third kappa shape index (κ3) is 3.62. The summed E-state index contributed by atoms with van der Waals surface area (Å²) in [5.74, 6) is 3.23. The van der Waals surface area contributed by atoms with Crippen LogP contribution < -0.4 is 19.5 Å². The predicted molar refractivity (Wildman–Crippen MR) is 94.3 cm³/mol. The minimum atomic E-state index is 0.372. The van der Waals surface area contributed by atoms with Crippen molar-refractivity contribution in [2.24, 2.45) is 4.99 Å². The first kappa shape index (κ1) is 16.2. The molecule has 0 aromatic heterocycles. The molecule has 24 heavy (non-hydrogen) atoms. The van der Waals surface area contributed by atoms with Crippen LogP contribution in [0.25, 0.3) is 0 Å². The van der Waals surface area contributed by atoms with Crippen LogP contribution in [0.5, 0.6) is 17.2 Å². The summed E-state index contributed by atoms with van der Waals surface area (Å²) in [6.07, 6.45) is 1.08. The van der Waals surface area contributed by atoms with Gasteiger partial charge in [0.2, 0.25) is 0 Å². The van der Waals surface area contributed by atoms with Gasteiger partial charge in [-0.3, -0.25) is 4.99 Å². The van der Waals surface area contributed by atoms with Gasteiger partial charge in [0.1, 0.15) is 29.7 Å². The number of aliphatic imine (C=N–C) groups is 1. The first-order valence-electron chi connectivity index (χ1n) is 8.03. The second-order valence-electron chi connectivity index (χ2n) is 5.47. The molecule has 2 aromatic rings. The molecule has 2 aromatic carbocycles. The van der Waals surface area contributed by atoms with Crippen molar-refractivity contribution in [1.82, 2.24) is 5.32 Å². The maximum atomic E-state index is 5.97. The van der Waals surface area contributed by atoms with Gasteiger partial charge in [-0.25, -0.2) is 0 Å². The van der Waals surface area contributed by atoms with Crippen molar-refractivity contribution in [1.29, 1.82) is 0 Å². The molecule has 0 atom stereocenters. The van der Waals surface area contributed by atoms with Gasteiger partial charge in [-0.2, -0.15) is 0 Å². The fraction of sp³-hybridized carbons (Fsp3) is 0.316. The Morgan fingerprint density at radius 2 is 1.79 bits per heavy atom. The summed E-state index contributed by atoms with van der Waals surface area (Å²) < 4.78 is 16.8. The molecular formula is C19H22N2O3. The summed E-state index contributed by atoms with van der Waals surface area (Å²) >= 11 is 0. The number of amidine groups is 1. The molecule has 0 radical (unpaired) electrons. The lowest BCUT2D eigenvalue weighted by atomic mass is 10.1. The summed E-state index contributed by atoms with van der Waals surface area (Å²) in [4.78, 5) is 4.52. The molecular weight excluding hydrogens is 304 g/mol. The first-order valence-corrected chi connectivity index (χ1v) is 8.03. The van der Waals surface area contributed by atoms with E-state index in [4.69, 9.17) is 14.2 Å². The third-order valence-electron chi connectivity index (χ3n) is 3.92. The molecule has 5 nitrogen and oxygen atoms in total. The van der Waals surface area contributed by atoms with Gasteiger partial charge in [0.15, 0.2) is 0 Å². The van der Waals surface area contributed by atoms with Crippen LogP contribution in [0.1, 0.15) is 17.5 Å². The summed E-state index contributed by atoms with van der Waals surface area (Å²) in [5.41, 5.74) is 1.93. The molecule has 0 unspecified atom stereocenters. The third-order valence-corrected chi connectivity index (χ3v) is 3.92. The van der Waals surface area contributed by atoms with Gasteiger partial charge in [-0.15, -0.1) is 0 Å². The number of hydrogen-bond donors (Lipinski definition) is 1. The van der Waals surface area contributed by atoms with Crippen molar-refractivity contribution < 1.29 is 14.2 Å². The van der Waals surface area contributed by atoms with E-state index >= 15 is 0 Å². The normalized spacial score (nSPS) is 13.7. The fourth-order valence-corrected chi connectivity index (χ4v) is 2.68. The Labute approximate surface area is 142 Å². The average Bonchev–Trinajstić information content (AvgIpc) is 2.67. The summed E-state index contributed by atoms with van der Waals surface area (Å²) in [6, 6.07) is 13.6. The number of nitrogens with zero attached hydrogens (tertiary/aromatic N) is 1. The highest BCUT2D eigenvalue weighted by atomic mass is 16.5. The molecule has 0 aliphatic carbocycles. The zero-order valence-electron chi connectivity index (χ0n) is 14.0. The van der Waals surface area contributed by atoms with Crippen molar-refractivity contribution in [3.8, 4) is 17.2 Å². The summed E-state index contributed by atoms with van der Waals surface area (Å²) in [6.45, 7) is 2.20. The molecule has 0 spiro atoms. The molecule has 0 bridgehead atoms. The highest BCUT2D eigenvalue weighted by Crippen LogP contribution is 2.29. The van der Waals surface area contributed by atoms with E-state index in [2.05, 4.69) is 10.3 Å². The van der Waals surface area contributed by atoms with Gasteiger partial charge < -0.3 is 19.5 Å². The minimum Gasteiger partial charge on any atom is -0.496 e. The first-order chi connectivity index (χ1) is 11.8. The Hall–Kier alpha value is -2.69. The maximum absolute atomic E-state index is 5.97. The topological polar surface area (TPSA) is 52.1 Å². The molecule has 1 N–H and O–H groups in total. The number of rotatable bonds is 6. The second-order valence-corrected chi connectivity index (χ2v) is 5.47. The number of benzene rings is 2. The standard InChI is InChI=1S/C19H22N2O3/c1-22-17-8-4-9-18(23-2)16(17)13-24-15-7-3-6-14(12-15)19-20-10-5-11-21-19/h3-4,6-9,12H,5,10-11,13H2,1-2H3,(H,20,21). The van der Waals surface area contributed by atoms with Gasteiger partial charge in [0, 0.05) is 18.7 Å². The summed E-state index contributed by atoms with van der Waals surface area (Å²) in [5, 5.41) is 3.33. The Balaban J connectivity index is 1.77. The van der Waals surface area contributed by atoms with Crippen LogP contribution in [0, 0.1) is 0 Å². The van der Waals surface area contributed by atoms with Crippen LogP contribution in [0.2, 0.25) is 0 Å². The van der Waals surface area contributed by atoms with Crippen LogP contribution in [0.3, 0.4) is 0 Å². The van der Waals surface area contributed by atoms with Gasteiger partial charge in [-0.05, 0) is 30.7 Å². The summed E-state index contributed by atoms with van der Waals surface area (Å²) in [7, 11) is 3.29. The molecule has 0 saturated carbocycles. The Morgan fingerprint density at radius 1 is 1.04 bits per heavy atom. The van der Waals surface area contributed by atoms with Crippen molar-refractivity contribution in [2.75, 3.05) is 27.3 Å². The second kappa shape index (κ2) is 7.73. The molecule has 0 saturated heterocycles. The van der Waals surface area contributed by atoms with Gasteiger partial charge in [-0.1, -0.05) is 18.2 Å². The Bertz CT molecular complexity index is 706. The van der Waals surface area contributed by atoms with E-state index in [0.717, 1.165) is 53.7 Å². The highest BCUT2D eigenvalue weighted by molar-refractivity contribution is 5.99. The molecule has 1 aliphatic rings. The van der Waals surface area contributed by atoms with E-state index in [0.29, 0.717) is 6.61 Å². The van der Waals surface area contributed by atoms with Crippen molar-refractivity contribution in [3.63, 3.8) is 0 Å². The predicted octanol–water partition coefficient (Wildman–Crippen LogP) is 3.02. The zero-order valence-corrected chi connectivity index (χ0v) is 14.0. The number of ether oxygens (including phenoxy) is 3. The van der Waals surface area contributed by atoms with Crippen LogP contribution in [0.15, 0.2) is 47.5 Å². The van der Waals surface area contributed by atoms with Gasteiger partial charge in [0.25, 0.3) is 0 Å². The number of methoxy groups -OCH3 is 2. The number of hydrogen-bond acceptors (Lipinski definition) is 5. The SMILES string of the molecule is COc1cccc(OC)c1COc1cccc(C2=NCCCN2)c1. The molecule has 126 valence electrons. The fourth-order valence-electron chi connectivity index (χ4n) is 2.68. The van der Waals surface area contributed by atoms with Gasteiger partial charge >= 0.3 is 0 Å². The number of nitrogens with one attached hydrogen (secondary N) is 1. The molecule has 0 fully saturated rings. The lowest BCUT2D eigenvalue weighted by Gasteiger charge is -2.16. The largest absolute Gasteiger partial charge is 0.496 e. The van der Waals surface area contributed by atoms with E-state index < -0.39 is 0 Å². The van der Waals surface area contributed by atoms with E-state index in [-0.39, 0.29) is 0 Å². The van der Waals surface area contributed by atoms with Crippen LogP contribution in [-0.4, -0.2) is 33.1 Å². The van der Waals surface area contributed by atoms with Gasteiger partial charge in [0.05, 0.1) is 19.8 Å². The van der Waals surface area contributed by atoms with Crippen LogP contribution in [-0.2, 0) is 6.61 Å². The molecule has 1 aliphatic heterocycles. The Kier molecular flexibility index (Phi) is 5.21. The smallest absolute Gasteiger partial charge is 0.129 e.